The van der Waals surface area contributed by atoms with Crippen molar-refractivity contribution in [3.63, 3.8) is 0 Å². The van der Waals surface area contributed by atoms with Crippen LogP contribution in [0.15, 0.2) is 69.9 Å². The number of rotatable bonds is 7. The van der Waals surface area contributed by atoms with E-state index in [4.69, 9.17) is 18.6 Å². The molecule has 5 unspecified atom stereocenters. The molecule has 1 aliphatic rings. The van der Waals surface area contributed by atoms with Crippen LogP contribution in [0.2, 0.25) is 0 Å². The lowest BCUT2D eigenvalue weighted by Crippen LogP contribution is -2.60. The SMILES string of the molecule is O=C(Cc1ccccc1)OCC1OC(Oc2c(-c3ccc(O)c(O)c3)oc3cc(O)cc(O)c3c2=O)C(O)C(O)C1O. The Hall–Kier alpha value is -4.82. The highest BCUT2D eigenvalue weighted by Crippen LogP contribution is 2.39. The molecule has 220 valence electrons. The summed E-state index contributed by atoms with van der Waals surface area (Å²) in [6.07, 6.45) is -8.79. The van der Waals surface area contributed by atoms with Gasteiger partial charge in [0.1, 0.15) is 53.5 Å². The molecule has 42 heavy (non-hydrogen) atoms. The van der Waals surface area contributed by atoms with Gasteiger partial charge in [-0.25, -0.2) is 0 Å². The first-order valence-electron chi connectivity index (χ1n) is 12.6. The largest absolute Gasteiger partial charge is 0.508 e. The van der Waals surface area contributed by atoms with Gasteiger partial charge in [0.15, 0.2) is 17.3 Å². The molecule has 13 nitrogen and oxygen atoms in total. The first-order chi connectivity index (χ1) is 20.0. The van der Waals surface area contributed by atoms with Crippen LogP contribution in [0.4, 0.5) is 0 Å². The Morgan fingerprint density at radius 3 is 2.29 bits per heavy atom. The van der Waals surface area contributed by atoms with Crippen LogP contribution in [0.3, 0.4) is 0 Å². The molecule has 5 atom stereocenters. The molecule has 3 aromatic carbocycles. The van der Waals surface area contributed by atoms with Gasteiger partial charge < -0.3 is 54.4 Å². The Balaban J connectivity index is 1.47. The number of ether oxygens (including phenoxy) is 3. The van der Waals surface area contributed by atoms with Crippen LogP contribution in [-0.2, 0) is 20.7 Å². The fourth-order valence-electron chi connectivity index (χ4n) is 4.49. The second kappa shape index (κ2) is 11.6. The van der Waals surface area contributed by atoms with Crippen molar-refractivity contribution in [3.8, 4) is 40.1 Å². The van der Waals surface area contributed by atoms with Gasteiger partial charge in [0.2, 0.25) is 17.5 Å². The third-order valence-corrected chi connectivity index (χ3v) is 6.66. The van der Waals surface area contributed by atoms with E-state index in [0.717, 1.165) is 24.3 Å². The average Bonchev–Trinajstić information content (AvgIpc) is 2.95. The molecule has 0 amide bonds. The number of phenols is 4. The highest BCUT2D eigenvalue weighted by molar-refractivity contribution is 5.88. The topological polar surface area (TPSA) is 217 Å². The lowest BCUT2D eigenvalue weighted by molar-refractivity contribution is -0.278. The van der Waals surface area contributed by atoms with Gasteiger partial charge >= 0.3 is 5.97 Å². The number of hydrogen-bond donors (Lipinski definition) is 7. The fourth-order valence-corrected chi connectivity index (χ4v) is 4.49. The van der Waals surface area contributed by atoms with Gasteiger partial charge in [-0.3, -0.25) is 9.59 Å². The summed E-state index contributed by atoms with van der Waals surface area (Å²) >= 11 is 0. The summed E-state index contributed by atoms with van der Waals surface area (Å²) in [7, 11) is 0. The Labute approximate surface area is 236 Å². The zero-order chi connectivity index (χ0) is 30.1. The number of aliphatic hydroxyl groups is 3. The summed E-state index contributed by atoms with van der Waals surface area (Å²) in [6.45, 7) is -0.540. The summed E-state index contributed by atoms with van der Waals surface area (Å²) in [5.74, 6) is -3.82. The summed E-state index contributed by atoms with van der Waals surface area (Å²) in [6, 6.07) is 14.1. The predicted octanol–water partition coefficient (Wildman–Crippen LogP) is 1.25. The number of aliphatic hydroxyl groups excluding tert-OH is 3. The molecule has 0 bridgehead atoms. The zero-order valence-electron chi connectivity index (χ0n) is 21.7. The van der Waals surface area contributed by atoms with E-state index in [2.05, 4.69) is 0 Å². The second-order valence-corrected chi connectivity index (χ2v) is 9.61. The number of esters is 1. The fraction of sp³-hybridized carbons (Fsp3) is 0.241. The zero-order valence-corrected chi connectivity index (χ0v) is 21.7. The van der Waals surface area contributed by atoms with Gasteiger partial charge in [0.05, 0.1) is 6.42 Å². The quantitative estimate of drug-likeness (QED) is 0.121. The molecule has 2 heterocycles. The van der Waals surface area contributed by atoms with Crippen LogP contribution in [0.25, 0.3) is 22.3 Å². The molecule has 7 N–H and O–H groups in total. The predicted molar refractivity (Wildman–Crippen MR) is 143 cm³/mol. The molecular weight excluding hydrogens is 556 g/mol. The summed E-state index contributed by atoms with van der Waals surface area (Å²) < 4.78 is 22.2. The minimum atomic E-state index is -1.92. The van der Waals surface area contributed by atoms with Gasteiger partial charge in [-0.1, -0.05) is 30.3 Å². The first-order valence-corrected chi connectivity index (χ1v) is 12.6. The van der Waals surface area contributed by atoms with Crippen LogP contribution in [-0.4, -0.2) is 79.0 Å². The lowest BCUT2D eigenvalue weighted by atomic mass is 9.99. The van der Waals surface area contributed by atoms with Gasteiger partial charge in [-0.05, 0) is 23.8 Å². The Kier molecular flexibility index (Phi) is 7.91. The lowest BCUT2D eigenvalue weighted by Gasteiger charge is -2.39. The summed E-state index contributed by atoms with van der Waals surface area (Å²) in [4.78, 5) is 25.9. The summed E-state index contributed by atoms with van der Waals surface area (Å²) in [5.41, 5.74) is -0.578. The van der Waals surface area contributed by atoms with Gasteiger partial charge in [0, 0.05) is 17.7 Å². The van der Waals surface area contributed by atoms with Crippen molar-refractivity contribution < 1.29 is 59.2 Å². The van der Waals surface area contributed by atoms with Crippen LogP contribution in [0, 0.1) is 0 Å². The molecule has 0 spiro atoms. The van der Waals surface area contributed by atoms with Crippen molar-refractivity contribution in [3.05, 3.63) is 76.5 Å². The highest BCUT2D eigenvalue weighted by atomic mass is 16.7. The normalized spacial score (nSPS) is 22.1. The number of phenolic OH excluding ortho intramolecular Hbond substituents is 4. The monoisotopic (exact) mass is 582 g/mol. The molecule has 13 heteroatoms. The minimum absolute atomic E-state index is 0.000549. The van der Waals surface area contributed by atoms with Gasteiger partial charge in [-0.2, -0.15) is 0 Å². The Morgan fingerprint density at radius 2 is 1.57 bits per heavy atom. The molecule has 1 saturated heterocycles. The number of hydrogen-bond acceptors (Lipinski definition) is 13. The van der Waals surface area contributed by atoms with E-state index in [-0.39, 0.29) is 23.3 Å². The van der Waals surface area contributed by atoms with Crippen molar-refractivity contribution in [1.29, 1.82) is 0 Å². The van der Waals surface area contributed by atoms with Crippen LogP contribution in [0.1, 0.15) is 5.56 Å². The van der Waals surface area contributed by atoms with E-state index in [9.17, 15) is 45.3 Å². The number of aromatic hydroxyl groups is 4. The number of carbonyl (C=O) groups excluding carboxylic acids is 1. The maximum absolute atomic E-state index is 13.5. The summed E-state index contributed by atoms with van der Waals surface area (Å²) in [5, 5.41) is 71.2. The number of benzene rings is 3. The van der Waals surface area contributed by atoms with E-state index >= 15 is 0 Å². The third-order valence-electron chi connectivity index (χ3n) is 6.66. The van der Waals surface area contributed by atoms with E-state index in [1.54, 1.807) is 30.3 Å². The molecule has 0 saturated carbocycles. The molecule has 4 aromatic rings. The number of fused-ring (bicyclic) bond motifs is 1. The minimum Gasteiger partial charge on any atom is -0.508 e. The molecule has 1 fully saturated rings. The van der Waals surface area contributed by atoms with E-state index in [1.807, 2.05) is 0 Å². The highest BCUT2D eigenvalue weighted by Gasteiger charge is 2.46. The van der Waals surface area contributed by atoms with Crippen LogP contribution < -0.4 is 10.2 Å². The molecule has 1 aliphatic heterocycles. The first kappa shape index (κ1) is 28.7. The second-order valence-electron chi connectivity index (χ2n) is 9.61. The molecule has 5 rings (SSSR count). The number of carbonyl (C=O) groups is 1. The van der Waals surface area contributed by atoms with Crippen molar-refractivity contribution in [2.45, 2.75) is 37.1 Å². The van der Waals surface area contributed by atoms with Gasteiger partial charge in [0.25, 0.3) is 0 Å². The third kappa shape index (κ3) is 5.66. The standard InChI is InChI=1S/C29H26O13/c30-15-10-18(33)22-19(11-15)40-27(14-6-7-16(31)17(32)9-14)28(24(22)36)42-29-26(38)25(37)23(35)20(41-29)12-39-21(34)8-13-4-2-1-3-5-13/h1-7,9-11,20,23,25-26,29-33,35,37-38H,8,12H2. The van der Waals surface area contributed by atoms with Crippen molar-refractivity contribution in [1.82, 2.24) is 0 Å². The van der Waals surface area contributed by atoms with Crippen LogP contribution in [0.5, 0.6) is 28.7 Å². The Morgan fingerprint density at radius 1 is 0.833 bits per heavy atom. The molecular formula is C29H26O13. The maximum Gasteiger partial charge on any atom is 0.310 e. The molecule has 0 aliphatic carbocycles. The smallest absolute Gasteiger partial charge is 0.310 e. The van der Waals surface area contributed by atoms with Gasteiger partial charge in [-0.15, -0.1) is 0 Å². The Bertz CT molecular complexity index is 1670. The maximum atomic E-state index is 13.5. The van der Waals surface area contributed by atoms with Crippen molar-refractivity contribution in [2.75, 3.05) is 6.61 Å². The van der Waals surface area contributed by atoms with Crippen molar-refractivity contribution >= 4 is 16.9 Å². The molecule has 0 radical (unpaired) electrons. The average molecular weight is 583 g/mol. The van der Waals surface area contributed by atoms with E-state index in [1.165, 1.54) is 6.07 Å². The van der Waals surface area contributed by atoms with E-state index < -0.39 is 82.8 Å². The van der Waals surface area contributed by atoms with E-state index in [0.29, 0.717) is 5.56 Å². The molecule has 1 aromatic heterocycles. The van der Waals surface area contributed by atoms with Crippen LogP contribution >= 0.6 is 0 Å². The van der Waals surface area contributed by atoms with Crippen molar-refractivity contribution in [2.24, 2.45) is 0 Å².